The molecule has 6 nitrogen and oxygen atoms in total. The molecule has 2 rings (SSSR count). The highest BCUT2D eigenvalue weighted by molar-refractivity contribution is 7.89. The van der Waals surface area contributed by atoms with Crippen molar-refractivity contribution in [3.8, 4) is 0 Å². The summed E-state index contributed by atoms with van der Waals surface area (Å²) >= 11 is 0. The second kappa shape index (κ2) is 9.17. The molecule has 1 aliphatic rings. The maximum absolute atomic E-state index is 12.9. The molecule has 1 aromatic rings. The highest BCUT2D eigenvalue weighted by Gasteiger charge is 2.31. The van der Waals surface area contributed by atoms with E-state index in [1.54, 1.807) is 28.4 Å². The van der Waals surface area contributed by atoms with Crippen LogP contribution in [-0.2, 0) is 10.0 Å². The SMILES string of the molecule is CC1CC(C)CN(S(=O)(=O)c2ccc(C(=O)N(C)C(C)CN)cc2)C1.Cl. The molecular weight excluding hydrogens is 374 g/mol. The van der Waals surface area contributed by atoms with E-state index in [2.05, 4.69) is 13.8 Å². The summed E-state index contributed by atoms with van der Waals surface area (Å²) in [7, 11) is -1.83. The first-order valence-corrected chi connectivity index (χ1v) is 10.2. The van der Waals surface area contributed by atoms with Crippen LogP contribution >= 0.6 is 12.4 Å². The number of hydrogen-bond donors (Lipinski definition) is 1. The fourth-order valence-electron chi connectivity index (χ4n) is 3.28. The molecular formula is C18H30ClN3O3S. The zero-order valence-corrected chi connectivity index (χ0v) is 17.5. The Morgan fingerprint density at radius 3 is 2.19 bits per heavy atom. The van der Waals surface area contributed by atoms with Crippen molar-refractivity contribution < 1.29 is 13.2 Å². The van der Waals surface area contributed by atoms with Crippen molar-refractivity contribution in [2.75, 3.05) is 26.7 Å². The summed E-state index contributed by atoms with van der Waals surface area (Å²) in [5, 5.41) is 0. The Balaban J connectivity index is 0.00000338. The molecule has 0 bridgehead atoms. The van der Waals surface area contributed by atoms with Crippen LogP contribution in [0.1, 0.15) is 37.6 Å². The number of rotatable bonds is 5. The highest BCUT2D eigenvalue weighted by atomic mass is 35.5. The zero-order chi connectivity index (χ0) is 18.8. The molecule has 0 radical (unpaired) electrons. The first-order valence-electron chi connectivity index (χ1n) is 8.74. The third-order valence-corrected chi connectivity index (χ3v) is 6.74. The smallest absolute Gasteiger partial charge is 0.253 e. The van der Waals surface area contributed by atoms with Gasteiger partial charge in [-0.2, -0.15) is 4.31 Å². The van der Waals surface area contributed by atoms with Gasteiger partial charge in [0.25, 0.3) is 5.91 Å². The Bertz CT molecular complexity index is 699. The molecule has 148 valence electrons. The zero-order valence-electron chi connectivity index (χ0n) is 15.9. The summed E-state index contributed by atoms with van der Waals surface area (Å²) in [5.74, 6) is 0.540. The fraction of sp³-hybridized carbons (Fsp3) is 0.611. The van der Waals surface area contributed by atoms with Gasteiger partial charge in [-0.05, 0) is 49.4 Å². The minimum atomic E-state index is -3.52. The van der Waals surface area contributed by atoms with Crippen LogP contribution in [0, 0.1) is 11.8 Å². The largest absolute Gasteiger partial charge is 0.338 e. The van der Waals surface area contributed by atoms with Crippen LogP contribution in [0.4, 0.5) is 0 Å². The Kier molecular flexibility index (Phi) is 8.07. The molecule has 1 heterocycles. The normalized spacial score (nSPS) is 22.3. The van der Waals surface area contributed by atoms with E-state index in [1.807, 2.05) is 6.92 Å². The van der Waals surface area contributed by atoms with Crippen LogP contribution in [-0.4, -0.2) is 56.3 Å². The number of hydrogen-bond acceptors (Lipinski definition) is 4. The lowest BCUT2D eigenvalue weighted by Crippen LogP contribution is -2.42. The number of amides is 1. The summed E-state index contributed by atoms with van der Waals surface area (Å²) in [4.78, 5) is 14.2. The number of nitrogens with two attached hydrogens (primary N) is 1. The minimum absolute atomic E-state index is 0. The van der Waals surface area contributed by atoms with Crippen LogP contribution in [0.3, 0.4) is 0 Å². The minimum Gasteiger partial charge on any atom is -0.338 e. The number of sulfonamides is 1. The van der Waals surface area contributed by atoms with E-state index in [4.69, 9.17) is 5.73 Å². The Labute approximate surface area is 163 Å². The predicted octanol–water partition coefficient (Wildman–Crippen LogP) is 2.19. The van der Waals surface area contributed by atoms with Gasteiger partial charge in [0, 0.05) is 38.3 Å². The van der Waals surface area contributed by atoms with E-state index in [9.17, 15) is 13.2 Å². The number of piperidine rings is 1. The van der Waals surface area contributed by atoms with Crippen molar-refractivity contribution in [2.24, 2.45) is 17.6 Å². The Hall–Kier alpha value is -1.15. The van der Waals surface area contributed by atoms with Crippen LogP contribution in [0.15, 0.2) is 29.2 Å². The topological polar surface area (TPSA) is 83.7 Å². The fourth-order valence-corrected chi connectivity index (χ4v) is 4.96. The van der Waals surface area contributed by atoms with Crippen molar-refractivity contribution in [3.63, 3.8) is 0 Å². The van der Waals surface area contributed by atoms with E-state index in [0.29, 0.717) is 37.0 Å². The second-order valence-electron chi connectivity index (χ2n) is 7.29. The van der Waals surface area contributed by atoms with Crippen molar-refractivity contribution >= 4 is 28.3 Å². The van der Waals surface area contributed by atoms with Crippen LogP contribution in [0.2, 0.25) is 0 Å². The molecule has 3 unspecified atom stereocenters. The third-order valence-electron chi connectivity index (χ3n) is 4.90. The van der Waals surface area contributed by atoms with Gasteiger partial charge in [0.1, 0.15) is 0 Å². The maximum atomic E-state index is 12.9. The molecule has 0 aromatic heterocycles. The van der Waals surface area contributed by atoms with Gasteiger partial charge in [-0.15, -0.1) is 12.4 Å². The first-order chi connectivity index (χ1) is 11.7. The average molecular weight is 404 g/mol. The Morgan fingerprint density at radius 2 is 1.73 bits per heavy atom. The standard InChI is InChI=1S/C18H29N3O3S.ClH/c1-13-9-14(2)12-21(11-13)25(23,24)17-7-5-16(6-8-17)18(22)20(4)15(3)10-19;/h5-8,13-15H,9-12,19H2,1-4H3;1H. The molecule has 26 heavy (non-hydrogen) atoms. The number of carbonyl (C=O) groups excluding carboxylic acids is 1. The quantitative estimate of drug-likeness (QED) is 0.816. The van der Waals surface area contributed by atoms with Gasteiger partial charge < -0.3 is 10.6 Å². The summed E-state index contributed by atoms with van der Waals surface area (Å²) < 4.78 is 27.3. The van der Waals surface area contributed by atoms with Crippen LogP contribution < -0.4 is 5.73 Å². The molecule has 1 amide bonds. The third kappa shape index (κ3) is 4.97. The van der Waals surface area contributed by atoms with Crippen LogP contribution in [0.25, 0.3) is 0 Å². The van der Waals surface area contributed by atoms with E-state index < -0.39 is 10.0 Å². The van der Waals surface area contributed by atoms with Crippen molar-refractivity contribution in [1.82, 2.24) is 9.21 Å². The first kappa shape index (κ1) is 22.9. The molecule has 1 aliphatic heterocycles. The molecule has 0 aliphatic carbocycles. The molecule has 1 fully saturated rings. The van der Waals surface area contributed by atoms with E-state index in [-0.39, 0.29) is 29.3 Å². The molecule has 0 saturated carbocycles. The summed E-state index contributed by atoms with van der Waals surface area (Å²) in [6, 6.07) is 6.12. The number of benzene rings is 1. The monoisotopic (exact) mass is 403 g/mol. The van der Waals surface area contributed by atoms with E-state index in [0.717, 1.165) is 6.42 Å². The highest BCUT2D eigenvalue weighted by Crippen LogP contribution is 2.26. The van der Waals surface area contributed by atoms with Gasteiger partial charge in [0.15, 0.2) is 0 Å². The van der Waals surface area contributed by atoms with Gasteiger partial charge in [-0.1, -0.05) is 13.8 Å². The summed E-state index contributed by atoms with van der Waals surface area (Å²) in [6.45, 7) is 7.49. The van der Waals surface area contributed by atoms with Gasteiger partial charge >= 0.3 is 0 Å². The molecule has 0 spiro atoms. The maximum Gasteiger partial charge on any atom is 0.253 e. The lowest BCUT2D eigenvalue weighted by atomic mass is 9.94. The molecule has 1 saturated heterocycles. The van der Waals surface area contributed by atoms with E-state index >= 15 is 0 Å². The number of halogens is 1. The van der Waals surface area contributed by atoms with Gasteiger partial charge in [0.05, 0.1) is 4.90 Å². The van der Waals surface area contributed by atoms with Gasteiger partial charge in [-0.25, -0.2) is 8.42 Å². The van der Waals surface area contributed by atoms with Gasteiger partial charge in [0.2, 0.25) is 10.0 Å². The molecule has 8 heteroatoms. The van der Waals surface area contributed by atoms with Crippen molar-refractivity contribution in [2.45, 2.75) is 38.1 Å². The molecule has 3 atom stereocenters. The lowest BCUT2D eigenvalue weighted by Gasteiger charge is -2.34. The van der Waals surface area contributed by atoms with Crippen molar-refractivity contribution in [3.05, 3.63) is 29.8 Å². The van der Waals surface area contributed by atoms with E-state index in [1.165, 1.54) is 12.1 Å². The average Bonchev–Trinajstić information content (AvgIpc) is 2.59. The van der Waals surface area contributed by atoms with Crippen molar-refractivity contribution in [1.29, 1.82) is 0 Å². The summed E-state index contributed by atoms with van der Waals surface area (Å²) in [6.07, 6.45) is 1.05. The molecule has 2 N–H and O–H groups in total. The van der Waals surface area contributed by atoms with Crippen LogP contribution in [0.5, 0.6) is 0 Å². The Morgan fingerprint density at radius 1 is 1.23 bits per heavy atom. The predicted molar refractivity (Wildman–Crippen MR) is 106 cm³/mol. The molecule has 1 aromatic carbocycles. The number of likely N-dealkylation sites (N-methyl/N-ethyl adjacent to an activating group) is 1. The number of nitrogens with zero attached hydrogens (tertiary/aromatic N) is 2. The lowest BCUT2D eigenvalue weighted by molar-refractivity contribution is 0.0748. The number of carbonyl (C=O) groups is 1. The van der Waals surface area contributed by atoms with Gasteiger partial charge in [-0.3, -0.25) is 4.79 Å². The summed E-state index contributed by atoms with van der Waals surface area (Å²) in [5.41, 5.74) is 6.06. The second-order valence-corrected chi connectivity index (χ2v) is 9.23.